The summed E-state index contributed by atoms with van der Waals surface area (Å²) in [6.07, 6.45) is 1.41. The minimum absolute atomic E-state index is 0.0153. The Morgan fingerprint density at radius 3 is 2.44 bits per heavy atom. The molecule has 0 spiro atoms. The van der Waals surface area contributed by atoms with E-state index < -0.39 is 5.60 Å². The summed E-state index contributed by atoms with van der Waals surface area (Å²) in [4.78, 5) is 23.0. The predicted octanol–water partition coefficient (Wildman–Crippen LogP) is 1.04. The van der Waals surface area contributed by atoms with E-state index >= 15 is 0 Å². The number of hydrogen-bond donors (Lipinski definition) is 1. The Labute approximate surface area is 108 Å². The number of hydrogen-bond acceptors (Lipinski definition) is 5. The number of esters is 1. The second-order valence-electron chi connectivity index (χ2n) is 5.73. The van der Waals surface area contributed by atoms with Crippen molar-refractivity contribution in [1.29, 1.82) is 0 Å². The first kappa shape index (κ1) is 15.1. The standard InChI is InChI=1S/C13H23NO4/c1-13(2,3)18-12(16)6-9-4-5-11(17-8-9)10(15)7-14/h9,11H,4-8,14H2,1-3H3/t9-,11-/m0/s1. The van der Waals surface area contributed by atoms with Gasteiger partial charge in [-0.3, -0.25) is 9.59 Å². The van der Waals surface area contributed by atoms with E-state index in [1.807, 2.05) is 20.8 Å². The summed E-state index contributed by atoms with van der Waals surface area (Å²) >= 11 is 0. The maximum atomic E-state index is 11.6. The first-order valence-electron chi connectivity index (χ1n) is 6.38. The molecule has 0 saturated carbocycles. The van der Waals surface area contributed by atoms with Crippen LogP contribution in [-0.4, -0.2) is 36.6 Å². The molecule has 0 aliphatic carbocycles. The van der Waals surface area contributed by atoms with Crippen molar-refractivity contribution in [2.75, 3.05) is 13.2 Å². The Morgan fingerprint density at radius 1 is 1.33 bits per heavy atom. The second-order valence-corrected chi connectivity index (χ2v) is 5.73. The molecule has 18 heavy (non-hydrogen) atoms. The van der Waals surface area contributed by atoms with Crippen molar-refractivity contribution < 1.29 is 19.1 Å². The molecule has 5 heteroatoms. The van der Waals surface area contributed by atoms with Crippen LogP contribution in [0.15, 0.2) is 0 Å². The van der Waals surface area contributed by atoms with Crippen LogP contribution in [0.2, 0.25) is 0 Å². The summed E-state index contributed by atoms with van der Waals surface area (Å²) in [6.45, 7) is 5.98. The van der Waals surface area contributed by atoms with Gasteiger partial charge < -0.3 is 15.2 Å². The van der Waals surface area contributed by atoms with Gasteiger partial charge in [-0.05, 0) is 39.5 Å². The van der Waals surface area contributed by atoms with Crippen molar-refractivity contribution in [3.05, 3.63) is 0 Å². The van der Waals surface area contributed by atoms with Crippen molar-refractivity contribution in [2.45, 2.75) is 51.7 Å². The summed E-state index contributed by atoms with van der Waals surface area (Å²) in [5.74, 6) is -0.132. The van der Waals surface area contributed by atoms with Crippen LogP contribution in [-0.2, 0) is 19.1 Å². The van der Waals surface area contributed by atoms with Gasteiger partial charge in [-0.1, -0.05) is 0 Å². The molecule has 1 rings (SSSR count). The highest BCUT2D eigenvalue weighted by Crippen LogP contribution is 2.23. The average molecular weight is 257 g/mol. The number of carbonyl (C=O) groups excluding carboxylic acids is 2. The van der Waals surface area contributed by atoms with Crippen molar-refractivity contribution >= 4 is 11.8 Å². The number of ether oxygens (including phenoxy) is 2. The molecule has 104 valence electrons. The number of carbonyl (C=O) groups is 2. The van der Waals surface area contributed by atoms with Gasteiger partial charge in [0.15, 0.2) is 5.78 Å². The maximum Gasteiger partial charge on any atom is 0.306 e. The number of rotatable bonds is 4. The van der Waals surface area contributed by atoms with Gasteiger partial charge >= 0.3 is 5.97 Å². The van der Waals surface area contributed by atoms with E-state index in [2.05, 4.69) is 0 Å². The molecule has 1 saturated heterocycles. The summed E-state index contributed by atoms with van der Waals surface area (Å²) in [6, 6.07) is 0. The normalized spacial score (nSPS) is 24.7. The topological polar surface area (TPSA) is 78.6 Å². The van der Waals surface area contributed by atoms with Crippen LogP contribution < -0.4 is 5.73 Å². The van der Waals surface area contributed by atoms with Crippen LogP contribution >= 0.6 is 0 Å². The molecule has 2 N–H and O–H groups in total. The van der Waals surface area contributed by atoms with Gasteiger partial charge in [-0.25, -0.2) is 0 Å². The van der Waals surface area contributed by atoms with Gasteiger partial charge in [0.25, 0.3) is 0 Å². The average Bonchev–Trinajstić information content (AvgIpc) is 2.26. The Hall–Kier alpha value is -0.940. The summed E-state index contributed by atoms with van der Waals surface area (Å²) in [5, 5.41) is 0. The van der Waals surface area contributed by atoms with Gasteiger partial charge in [-0.2, -0.15) is 0 Å². The minimum Gasteiger partial charge on any atom is -0.460 e. The van der Waals surface area contributed by atoms with E-state index in [0.29, 0.717) is 19.4 Å². The molecular formula is C13H23NO4. The quantitative estimate of drug-likeness (QED) is 0.761. The van der Waals surface area contributed by atoms with Crippen molar-refractivity contribution in [1.82, 2.24) is 0 Å². The lowest BCUT2D eigenvalue weighted by atomic mass is 9.94. The largest absolute Gasteiger partial charge is 0.460 e. The molecule has 0 aromatic carbocycles. The van der Waals surface area contributed by atoms with Gasteiger partial charge in [0.1, 0.15) is 11.7 Å². The number of ketones is 1. The van der Waals surface area contributed by atoms with Crippen molar-refractivity contribution in [2.24, 2.45) is 11.7 Å². The predicted molar refractivity (Wildman–Crippen MR) is 67.0 cm³/mol. The van der Waals surface area contributed by atoms with Crippen molar-refractivity contribution in [3.63, 3.8) is 0 Å². The van der Waals surface area contributed by atoms with E-state index in [0.717, 1.165) is 6.42 Å². The monoisotopic (exact) mass is 257 g/mol. The van der Waals surface area contributed by atoms with Crippen molar-refractivity contribution in [3.8, 4) is 0 Å². The Bertz CT molecular complexity index is 301. The smallest absolute Gasteiger partial charge is 0.306 e. The first-order chi connectivity index (χ1) is 8.31. The molecule has 1 aliphatic heterocycles. The van der Waals surface area contributed by atoms with Crippen LogP contribution in [0.4, 0.5) is 0 Å². The molecule has 0 aromatic heterocycles. The van der Waals surface area contributed by atoms with Crippen LogP contribution in [0.5, 0.6) is 0 Å². The molecule has 0 amide bonds. The molecular weight excluding hydrogens is 234 g/mol. The van der Waals surface area contributed by atoms with Crippen LogP contribution in [0.1, 0.15) is 40.0 Å². The maximum absolute atomic E-state index is 11.6. The lowest BCUT2D eigenvalue weighted by Crippen LogP contribution is -2.37. The fraction of sp³-hybridized carbons (Fsp3) is 0.846. The number of nitrogens with two attached hydrogens (primary N) is 1. The van der Waals surface area contributed by atoms with Crippen LogP contribution in [0.25, 0.3) is 0 Å². The minimum atomic E-state index is -0.454. The van der Waals surface area contributed by atoms with E-state index in [4.69, 9.17) is 15.2 Å². The van der Waals surface area contributed by atoms with E-state index in [1.165, 1.54) is 0 Å². The first-order valence-corrected chi connectivity index (χ1v) is 6.38. The zero-order valence-electron chi connectivity index (χ0n) is 11.4. The van der Waals surface area contributed by atoms with Gasteiger partial charge in [-0.15, -0.1) is 0 Å². The molecule has 0 bridgehead atoms. The highest BCUT2D eigenvalue weighted by molar-refractivity contribution is 5.84. The zero-order chi connectivity index (χ0) is 13.8. The SMILES string of the molecule is CC(C)(C)OC(=O)C[C@@H]1CC[C@@H](C(=O)CN)OC1. The third-order valence-electron chi connectivity index (χ3n) is 2.81. The molecule has 1 fully saturated rings. The number of Topliss-reactive ketones (excluding diaryl/α,β-unsaturated/α-hetero) is 1. The lowest BCUT2D eigenvalue weighted by molar-refractivity contribution is -0.157. The molecule has 2 atom stereocenters. The molecule has 0 aromatic rings. The fourth-order valence-corrected chi connectivity index (χ4v) is 1.97. The Balaban J connectivity index is 2.31. The van der Waals surface area contributed by atoms with Crippen LogP contribution in [0, 0.1) is 5.92 Å². The molecule has 1 heterocycles. The summed E-state index contributed by atoms with van der Waals surface area (Å²) in [7, 11) is 0. The molecule has 5 nitrogen and oxygen atoms in total. The highest BCUT2D eigenvalue weighted by atomic mass is 16.6. The Morgan fingerprint density at radius 2 is 2.00 bits per heavy atom. The second kappa shape index (κ2) is 6.29. The van der Waals surface area contributed by atoms with E-state index in [9.17, 15) is 9.59 Å². The van der Waals surface area contributed by atoms with Gasteiger partial charge in [0.2, 0.25) is 0 Å². The third-order valence-corrected chi connectivity index (χ3v) is 2.81. The molecule has 1 aliphatic rings. The van der Waals surface area contributed by atoms with E-state index in [-0.39, 0.29) is 30.3 Å². The zero-order valence-corrected chi connectivity index (χ0v) is 11.4. The third kappa shape index (κ3) is 5.14. The van der Waals surface area contributed by atoms with Gasteiger partial charge in [0, 0.05) is 0 Å². The molecule has 0 unspecified atom stereocenters. The highest BCUT2D eigenvalue weighted by Gasteiger charge is 2.28. The fourth-order valence-electron chi connectivity index (χ4n) is 1.97. The Kier molecular flexibility index (Phi) is 5.28. The van der Waals surface area contributed by atoms with Gasteiger partial charge in [0.05, 0.1) is 19.6 Å². The summed E-state index contributed by atoms with van der Waals surface area (Å²) in [5.41, 5.74) is 4.83. The molecule has 0 radical (unpaired) electrons. The summed E-state index contributed by atoms with van der Waals surface area (Å²) < 4.78 is 10.7. The van der Waals surface area contributed by atoms with Crippen LogP contribution in [0.3, 0.4) is 0 Å². The lowest BCUT2D eigenvalue weighted by Gasteiger charge is -2.28. The van der Waals surface area contributed by atoms with E-state index in [1.54, 1.807) is 0 Å².